The van der Waals surface area contributed by atoms with Crippen LogP contribution < -0.4 is 10.6 Å². The summed E-state index contributed by atoms with van der Waals surface area (Å²) in [5, 5.41) is 0. The summed E-state index contributed by atoms with van der Waals surface area (Å²) >= 11 is 0. The Morgan fingerprint density at radius 2 is 2.00 bits per heavy atom. The van der Waals surface area contributed by atoms with E-state index in [1.807, 2.05) is 6.07 Å². The number of halogens is 1. The monoisotopic (exact) mass is 277 g/mol. The number of likely N-dealkylation sites (tertiary alicyclic amines) is 1. The van der Waals surface area contributed by atoms with E-state index in [1.165, 1.54) is 5.56 Å². The van der Waals surface area contributed by atoms with Crippen LogP contribution in [-0.4, -0.2) is 43.2 Å². The molecule has 2 aliphatic rings. The van der Waals surface area contributed by atoms with Crippen LogP contribution >= 0.6 is 0 Å². The molecule has 0 spiro atoms. The van der Waals surface area contributed by atoms with Gasteiger partial charge >= 0.3 is 0 Å². The summed E-state index contributed by atoms with van der Waals surface area (Å²) in [6, 6.07) is 5.18. The Bertz CT molecular complexity index is 481. The van der Waals surface area contributed by atoms with Crippen LogP contribution in [0.3, 0.4) is 0 Å². The van der Waals surface area contributed by atoms with Crippen LogP contribution in [0.4, 0.5) is 10.1 Å². The fourth-order valence-corrected chi connectivity index (χ4v) is 3.71. The third-order valence-electron chi connectivity index (χ3n) is 5.13. The second-order valence-corrected chi connectivity index (χ2v) is 6.04. The Kier molecular flexibility index (Phi) is 3.69. The van der Waals surface area contributed by atoms with Crippen LogP contribution in [0, 0.1) is 5.82 Å². The van der Waals surface area contributed by atoms with Gasteiger partial charge in [-0.1, -0.05) is 13.0 Å². The molecule has 0 radical (unpaired) electrons. The fourth-order valence-electron chi connectivity index (χ4n) is 3.71. The molecule has 1 saturated heterocycles. The summed E-state index contributed by atoms with van der Waals surface area (Å²) in [5.41, 5.74) is 8.50. The third kappa shape index (κ3) is 2.21. The zero-order valence-corrected chi connectivity index (χ0v) is 12.2. The van der Waals surface area contributed by atoms with Crippen molar-refractivity contribution in [3.05, 3.63) is 29.6 Å². The molecule has 0 unspecified atom stereocenters. The molecule has 110 valence electrons. The summed E-state index contributed by atoms with van der Waals surface area (Å²) in [6.07, 6.45) is 3.16. The maximum Gasteiger partial charge on any atom is 0.125 e. The van der Waals surface area contributed by atoms with Gasteiger partial charge in [0.05, 0.1) is 5.54 Å². The van der Waals surface area contributed by atoms with Crippen LogP contribution in [0.25, 0.3) is 0 Å². The molecule has 0 aliphatic carbocycles. The van der Waals surface area contributed by atoms with E-state index in [4.69, 9.17) is 5.73 Å². The first-order valence-electron chi connectivity index (χ1n) is 7.67. The summed E-state index contributed by atoms with van der Waals surface area (Å²) in [7, 11) is 0. The first-order chi connectivity index (χ1) is 9.68. The van der Waals surface area contributed by atoms with E-state index in [9.17, 15) is 4.39 Å². The Hall–Kier alpha value is -1.13. The predicted molar refractivity (Wildman–Crippen MR) is 80.6 cm³/mol. The minimum Gasteiger partial charge on any atom is -0.364 e. The van der Waals surface area contributed by atoms with E-state index in [0.717, 1.165) is 51.1 Å². The molecule has 0 atom stereocenters. The van der Waals surface area contributed by atoms with Gasteiger partial charge in [-0.05, 0) is 43.5 Å². The minimum atomic E-state index is -0.145. The molecular weight excluding hydrogens is 253 g/mol. The molecule has 1 fully saturated rings. The number of piperidine rings is 1. The molecule has 3 nitrogen and oxygen atoms in total. The maximum absolute atomic E-state index is 13.6. The van der Waals surface area contributed by atoms with E-state index in [-0.39, 0.29) is 11.4 Å². The third-order valence-corrected chi connectivity index (χ3v) is 5.13. The van der Waals surface area contributed by atoms with Crippen LogP contribution in [0.2, 0.25) is 0 Å². The molecule has 0 saturated carbocycles. The second kappa shape index (κ2) is 5.34. The lowest BCUT2D eigenvalue weighted by molar-refractivity contribution is 0.166. The predicted octanol–water partition coefficient (Wildman–Crippen LogP) is 2.00. The number of nitrogens with two attached hydrogens (primary N) is 1. The van der Waals surface area contributed by atoms with Crippen molar-refractivity contribution in [2.75, 3.05) is 37.6 Å². The van der Waals surface area contributed by atoms with Crippen LogP contribution in [-0.2, 0) is 6.42 Å². The SMILES string of the molecule is CCN1CCC(CN)(N2CCc3ccc(F)cc32)CC1. The topological polar surface area (TPSA) is 32.5 Å². The molecule has 20 heavy (non-hydrogen) atoms. The first-order valence-corrected chi connectivity index (χ1v) is 7.67. The molecular formula is C16H24FN3. The van der Waals surface area contributed by atoms with Gasteiger partial charge in [-0.15, -0.1) is 0 Å². The summed E-state index contributed by atoms with van der Waals surface area (Å²) in [4.78, 5) is 4.86. The lowest BCUT2D eigenvalue weighted by atomic mass is 9.85. The number of fused-ring (bicyclic) bond motifs is 1. The molecule has 0 amide bonds. The van der Waals surface area contributed by atoms with Gasteiger partial charge < -0.3 is 15.5 Å². The highest BCUT2D eigenvalue weighted by atomic mass is 19.1. The van der Waals surface area contributed by atoms with Gasteiger partial charge in [0.1, 0.15) is 5.82 Å². The quantitative estimate of drug-likeness (QED) is 0.917. The Morgan fingerprint density at radius 1 is 1.25 bits per heavy atom. The zero-order chi connectivity index (χ0) is 14.2. The number of hydrogen-bond acceptors (Lipinski definition) is 3. The Labute approximate surface area is 120 Å². The number of nitrogens with zero attached hydrogens (tertiary/aromatic N) is 2. The van der Waals surface area contributed by atoms with E-state index in [2.05, 4.69) is 16.7 Å². The number of rotatable bonds is 3. The summed E-state index contributed by atoms with van der Waals surface area (Å²) in [6.45, 7) is 7.12. The van der Waals surface area contributed by atoms with E-state index in [1.54, 1.807) is 12.1 Å². The van der Waals surface area contributed by atoms with Crippen molar-refractivity contribution in [3.8, 4) is 0 Å². The smallest absolute Gasteiger partial charge is 0.125 e. The van der Waals surface area contributed by atoms with Crippen LogP contribution in [0.5, 0.6) is 0 Å². The van der Waals surface area contributed by atoms with Crippen molar-refractivity contribution >= 4 is 5.69 Å². The molecule has 1 aromatic rings. The second-order valence-electron chi connectivity index (χ2n) is 6.04. The number of hydrogen-bond donors (Lipinski definition) is 1. The minimum absolute atomic E-state index is 0.0186. The van der Waals surface area contributed by atoms with Crippen molar-refractivity contribution in [1.82, 2.24) is 4.90 Å². The lowest BCUT2D eigenvalue weighted by Crippen LogP contribution is -2.59. The van der Waals surface area contributed by atoms with Gasteiger partial charge in [0.15, 0.2) is 0 Å². The largest absolute Gasteiger partial charge is 0.364 e. The molecule has 3 rings (SSSR count). The highest BCUT2D eigenvalue weighted by Gasteiger charge is 2.41. The lowest BCUT2D eigenvalue weighted by Gasteiger charge is -2.48. The van der Waals surface area contributed by atoms with Crippen molar-refractivity contribution in [2.24, 2.45) is 5.73 Å². The number of anilines is 1. The molecule has 1 aromatic carbocycles. The summed E-state index contributed by atoms with van der Waals surface area (Å²) in [5.74, 6) is -0.145. The first kappa shape index (κ1) is 13.8. The average molecular weight is 277 g/mol. The van der Waals surface area contributed by atoms with Crippen molar-refractivity contribution in [1.29, 1.82) is 0 Å². The van der Waals surface area contributed by atoms with E-state index < -0.39 is 0 Å². The van der Waals surface area contributed by atoms with Crippen LogP contribution in [0.1, 0.15) is 25.3 Å². The van der Waals surface area contributed by atoms with Crippen molar-refractivity contribution in [3.63, 3.8) is 0 Å². The van der Waals surface area contributed by atoms with E-state index in [0.29, 0.717) is 6.54 Å². The maximum atomic E-state index is 13.6. The molecule has 0 bridgehead atoms. The Morgan fingerprint density at radius 3 is 2.65 bits per heavy atom. The number of benzene rings is 1. The molecule has 2 heterocycles. The Balaban J connectivity index is 1.87. The van der Waals surface area contributed by atoms with Crippen LogP contribution in [0.15, 0.2) is 18.2 Å². The summed E-state index contributed by atoms with van der Waals surface area (Å²) < 4.78 is 13.6. The van der Waals surface area contributed by atoms with Crippen molar-refractivity contribution in [2.45, 2.75) is 31.7 Å². The van der Waals surface area contributed by atoms with Gasteiger partial charge in [-0.25, -0.2) is 4.39 Å². The van der Waals surface area contributed by atoms with Gasteiger partial charge in [0, 0.05) is 31.9 Å². The van der Waals surface area contributed by atoms with E-state index >= 15 is 0 Å². The molecule has 2 aliphatic heterocycles. The van der Waals surface area contributed by atoms with Gasteiger partial charge in [0.25, 0.3) is 0 Å². The molecule has 4 heteroatoms. The zero-order valence-electron chi connectivity index (χ0n) is 12.2. The van der Waals surface area contributed by atoms with Gasteiger partial charge in [0.2, 0.25) is 0 Å². The molecule has 2 N–H and O–H groups in total. The standard InChI is InChI=1S/C16H24FN3/c1-2-19-9-6-16(12-18,7-10-19)20-8-5-13-3-4-14(17)11-15(13)20/h3-4,11H,2,5-10,12,18H2,1H3. The highest BCUT2D eigenvalue weighted by molar-refractivity contribution is 5.60. The highest BCUT2D eigenvalue weighted by Crippen LogP contribution is 2.38. The van der Waals surface area contributed by atoms with Crippen molar-refractivity contribution < 1.29 is 4.39 Å². The fraction of sp³-hybridized carbons (Fsp3) is 0.625. The average Bonchev–Trinajstić information content (AvgIpc) is 2.91. The molecule has 0 aromatic heterocycles. The normalized spacial score (nSPS) is 22.1. The van der Waals surface area contributed by atoms with Gasteiger partial charge in [-0.3, -0.25) is 0 Å². The van der Waals surface area contributed by atoms with Gasteiger partial charge in [-0.2, -0.15) is 0 Å².